The highest BCUT2D eigenvalue weighted by Crippen LogP contribution is 2.28. The molecule has 194 valence electrons. The molecule has 0 saturated carbocycles. The molecule has 0 bridgehead atoms. The Morgan fingerprint density at radius 2 is 1.16 bits per heavy atom. The summed E-state index contributed by atoms with van der Waals surface area (Å²) in [4.78, 5) is 0. The van der Waals surface area contributed by atoms with Gasteiger partial charge in [-0.2, -0.15) is 0 Å². The Labute approximate surface area is 227 Å². The van der Waals surface area contributed by atoms with Gasteiger partial charge >= 0.3 is 0 Å². The van der Waals surface area contributed by atoms with Crippen LogP contribution in [-0.4, -0.2) is 0 Å². The number of benzene rings is 3. The number of terminal acetylenes is 1. The molecule has 3 aromatic rings. The van der Waals surface area contributed by atoms with Crippen molar-refractivity contribution >= 4 is 11.1 Å². The number of allylic oxidation sites excluding steroid dienone is 5. The van der Waals surface area contributed by atoms with Gasteiger partial charge in [-0.25, -0.2) is 0 Å². The Balaban J connectivity index is 0.000000519. The summed E-state index contributed by atoms with van der Waals surface area (Å²) in [7, 11) is 0. The molecule has 2 atom stereocenters. The summed E-state index contributed by atoms with van der Waals surface area (Å²) in [6, 6.07) is 26.2. The summed E-state index contributed by atoms with van der Waals surface area (Å²) < 4.78 is 0. The third-order valence-corrected chi connectivity index (χ3v) is 6.56. The molecule has 0 heterocycles. The third-order valence-electron chi connectivity index (χ3n) is 6.56. The lowest BCUT2D eigenvalue weighted by Crippen LogP contribution is -1.96. The highest BCUT2D eigenvalue weighted by atomic mass is 14.1. The van der Waals surface area contributed by atoms with Crippen molar-refractivity contribution in [1.29, 1.82) is 0 Å². The standard InChI is InChI=1S/C26H32.C9H12.C2H2/c1-7-23(18-22(6)24-11-9-8-10-12-24)26-15-13-25(14-16-26)21(5)17-20(4)19(2)3;1-7-4-8(2)6-9(3)5-7;1-2/h8-18,20,23H,2,7H2,1,3-6H3;4-6H,1-3H3;1-2H/b21-17+,22-18+;;. The Morgan fingerprint density at radius 3 is 1.59 bits per heavy atom. The maximum Gasteiger partial charge on any atom is 0.00212 e. The largest absolute Gasteiger partial charge is 0.124 e. The lowest BCUT2D eigenvalue weighted by molar-refractivity contribution is 0.806. The number of hydrogen-bond acceptors (Lipinski definition) is 0. The molecule has 3 rings (SSSR count). The van der Waals surface area contributed by atoms with E-state index in [1.165, 1.54) is 50.1 Å². The van der Waals surface area contributed by atoms with Crippen molar-refractivity contribution in [3.05, 3.63) is 130 Å². The predicted molar refractivity (Wildman–Crippen MR) is 168 cm³/mol. The maximum atomic E-state index is 4.05. The minimum absolute atomic E-state index is 0.412. The maximum absolute atomic E-state index is 4.05. The molecule has 0 aliphatic heterocycles. The summed E-state index contributed by atoms with van der Waals surface area (Å²) in [6.45, 7) is 21.4. The van der Waals surface area contributed by atoms with E-state index in [1.807, 2.05) is 0 Å². The second-order valence-corrected chi connectivity index (χ2v) is 10.0. The lowest BCUT2D eigenvalue weighted by Gasteiger charge is -2.14. The minimum atomic E-state index is 0.412. The van der Waals surface area contributed by atoms with Gasteiger partial charge in [0.2, 0.25) is 0 Å². The van der Waals surface area contributed by atoms with E-state index in [0.717, 1.165) is 6.42 Å². The van der Waals surface area contributed by atoms with Crippen LogP contribution in [0.25, 0.3) is 11.1 Å². The Morgan fingerprint density at radius 1 is 0.730 bits per heavy atom. The first kappa shape index (κ1) is 31.5. The van der Waals surface area contributed by atoms with E-state index >= 15 is 0 Å². The van der Waals surface area contributed by atoms with Crippen LogP contribution in [-0.2, 0) is 0 Å². The second kappa shape index (κ2) is 16.2. The van der Waals surface area contributed by atoms with Crippen LogP contribution in [0.3, 0.4) is 0 Å². The molecule has 0 saturated heterocycles. The van der Waals surface area contributed by atoms with Crippen molar-refractivity contribution in [2.75, 3.05) is 0 Å². The average Bonchev–Trinajstić information content (AvgIpc) is 2.88. The summed E-state index contributed by atoms with van der Waals surface area (Å²) >= 11 is 0. The van der Waals surface area contributed by atoms with Crippen molar-refractivity contribution in [2.24, 2.45) is 5.92 Å². The molecule has 0 aliphatic rings. The average molecular weight is 491 g/mol. The van der Waals surface area contributed by atoms with Crippen LogP contribution in [0.4, 0.5) is 0 Å². The molecule has 2 unspecified atom stereocenters. The van der Waals surface area contributed by atoms with E-state index in [1.54, 1.807) is 0 Å². The van der Waals surface area contributed by atoms with Gasteiger partial charge in [0.05, 0.1) is 0 Å². The zero-order chi connectivity index (χ0) is 28.0. The van der Waals surface area contributed by atoms with Gasteiger partial charge in [0.25, 0.3) is 0 Å². The minimum Gasteiger partial charge on any atom is -0.124 e. The zero-order valence-electron chi connectivity index (χ0n) is 24.3. The van der Waals surface area contributed by atoms with Crippen molar-refractivity contribution < 1.29 is 0 Å². The summed E-state index contributed by atoms with van der Waals surface area (Å²) in [5, 5.41) is 0. The van der Waals surface area contributed by atoms with Crippen LogP contribution < -0.4 is 0 Å². The van der Waals surface area contributed by atoms with Crippen molar-refractivity contribution in [1.82, 2.24) is 0 Å². The smallest absolute Gasteiger partial charge is 0.00212 e. The second-order valence-electron chi connectivity index (χ2n) is 10.0. The molecule has 0 aromatic heterocycles. The first-order valence-electron chi connectivity index (χ1n) is 13.2. The summed E-state index contributed by atoms with van der Waals surface area (Å²) in [5.41, 5.74) is 11.9. The first-order valence-corrected chi connectivity index (χ1v) is 13.2. The third kappa shape index (κ3) is 10.9. The molecule has 0 aliphatic carbocycles. The van der Waals surface area contributed by atoms with E-state index in [4.69, 9.17) is 0 Å². The van der Waals surface area contributed by atoms with Crippen LogP contribution in [0, 0.1) is 39.5 Å². The quantitative estimate of drug-likeness (QED) is 0.228. The topological polar surface area (TPSA) is 0 Å². The first-order chi connectivity index (χ1) is 17.6. The Bertz CT molecular complexity index is 1130. The highest BCUT2D eigenvalue weighted by Gasteiger charge is 2.09. The summed E-state index contributed by atoms with van der Waals surface area (Å²) in [5.74, 6) is 0.859. The molecule has 0 amide bonds. The van der Waals surface area contributed by atoms with Crippen molar-refractivity contribution in [2.45, 2.75) is 67.7 Å². The Hall–Kier alpha value is -3.56. The highest BCUT2D eigenvalue weighted by molar-refractivity contribution is 5.66. The normalized spacial score (nSPS) is 12.8. The van der Waals surface area contributed by atoms with E-state index in [0.29, 0.717) is 11.8 Å². The van der Waals surface area contributed by atoms with Gasteiger partial charge in [0.15, 0.2) is 0 Å². The van der Waals surface area contributed by atoms with Crippen LogP contribution in [0.1, 0.15) is 80.3 Å². The van der Waals surface area contributed by atoms with Crippen LogP contribution in [0.5, 0.6) is 0 Å². The number of hydrogen-bond donors (Lipinski definition) is 0. The van der Waals surface area contributed by atoms with E-state index in [2.05, 4.69) is 160 Å². The molecular formula is C37H46. The lowest BCUT2D eigenvalue weighted by atomic mass is 9.91. The molecule has 0 radical (unpaired) electrons. The molecule has 37 heavy (non-hydrogen) atoms. The van der Waals surface area contributed by atoms with Gasteiger partial charge in [0.1, 0.15) is 0 Å². The molecule has 0 N–H and O–H groups in total. The van der Waals surface area contributed by atoms with Gasteiger partial charge in [0, 0.05) is 5.92 Å². The zero-order valence-corrected chi connectivity index (χ0v) is 24.3. The van der Waals surface area contributed by atoms with Gasteiger partial charge in [-0.05, 0) is 81.7 Å². The van der Waals surface area contributed by atoms with Crippen LogP contribution in [0.15, 0.2) is 97.1 Å². The van der Waals surface area contributed by atoms with E-state index in [-0.39, 0.29) is 0 Å². The molecule has 0 nitrogen and oxygen atoms in total. The molecule has 0 spiro atoms. The fourth-order valence-electron chi connectivity index (χ4n) is 4.36. The fourth-order valence-corrected chi connectivity index (χ4v) is 4.36. The Kier molecular flexibility index (Phi) is 13.8. The van der Waals surface area contributed by atoms with Gasteiger partial charge in [-0.15, -0.1) is 12.8 Å². The summed E-state index contributed by atoms with van der Waals surface area (Å²) in [6.07, 6.45) is 13.8. The SMILES string of the molecule is C#C.C=C(C)C(C)/C=C(\C)c1ccc(C(/C=C(\C)c2ccccc2)CC)cc1.Cc1cc(C)cc(C)c1. The fraction of sp³-hybridized carbons (Fsp3) is 0.297. The van der Waals surface area contributed by atoms with Crippen LogP contribution >= 0.6 is 0 Å². The van der Waals surface area contributed by atoms with Gasteiger partial charge in [-0.3, -0.25) is 0 Å². The molecular weight excluding hydrogens is 444 g/mol. The molecule has 0 fully saturated rings. The number of rotatable bonds is 7. The van der Waals surface area contributed by atoms with E-state index < -0.39 is 0 Å². The van der Waals surface area contributed by atoms with Gasteiger partial charge < -0.3 is 0 Å². The molecule has 3 aromatic carbocycles. The van der Waals surface area contributed by atoms with Crippen LogP contribution in [0.2, 0.25) is 0 Å². The molecule has 0 heteroatoms. The van der Waals surface area contributed by atoms with Crippen molar-refractivity contribution in [3.63, 3.8) is 0 Å². The van der Waals surface area contributed by atoms with E-state index in [9.17, 15) is 0 Å². The number of aryl methyl sites for hydroxylation is 3. The monoisotopic (exact) mass is 490 g/mol. The predicted octanol–water partition coefficient (Wildman–Crippen LogP) is 10.8. The van der Waals surface area contributed by atoms with Crippen molar-refractivity contribution in [3.8, 4) is 12.8 Å². The van der Waals surface area contributed by atoms with Gasteiger partial charge in [-0.1, -0.05) is 128 Å².